The van der Waals surface area contributed by atoms with Gasteiger partial charge in [-0.2, -0.15) is 0 Å². The first-order valence-electron chi connectivity index (χ1n) is 4.93. The number of fused-ring (bicyclic) bond motifs is 1. The maximum absolute atomic E-state index is 4.61. The van der Waals surface area contributed by atoms with Crippen LogP contribution in [0.3, 0.4) is 0 Å². The van der Waals surface area contributed by atoms with Crippen molar-refractivity contribution in [2.75, 3.05) is 18.0 Å². The van der Waals surface area contributed by atoms with Gasteiger partial charge < -0.3 is 4.90 Å². The van der Waals surface area contributed by atoms with Crippen LogP contribution in [0.4, 0.5) is 5.13 Å². The number of aromatic nitrogens is 1. The molecule has 0 atom stereocenters. The maximum Gasteiger partial charge on any atom is 0.186 e. The molecule has 2 aromatic rings. The molecule has 0 radical (unpaired) electrons. The molecule has 2 heterocycles. The van der Waals surface area contributed by atoms with E-state index in [0.29, 0.717) is 0 Å². The largest absolute Gasteiger partial charge is 0.347 e. The van der Waals surface area contributed by atoms with E-state index in [1.54, 1.807) is 11.3 Å². The predicted molar refractivity (Wildman–Crippen MR) is 61.0 cm³/mol. The smallest absolute Gasteiger partial charge is 0.186 e. The Morgan fingerprint density at radius 2 is 2.14 bits per heavy atom. The lowest BCUT2D eigenvalue weighted by Gasteiger charge is -2.36. The Morgan fingerprint density at radius 3 is 2.86 bits per heavy atom. The quantitative estimate of drug-likeness (QED) is 0.710. The third kappa shape index (κ3) is 1.20. The normalized spacial score (nSPS) is 17.4. The van der Waals surface area contributed by atoms with Crippen molar-refractivity contribution in [2.24, 2.45) is 5.92 Å². The minimum absolute atomic E-state index is 0.835. The summed E-state index contributed by atoms with van der Waals surface area (Å²) in [7, 11) is 0. The van der Waals surface area contributed by atoms with Crippen LogP contribution >= 0.6 is 11.3 Å². The van der Waals surface area contributed by atoms with Gasteiger partial charge in [0.05, 0.1) is 10.2 Å². The number of hydrogen-bond acceptors (Lipinski definition) is 3. The molecule has 72 valence electrons. The fourth-order valence-electron chi connectivity index (χ4n) is 1.85. The zero-order valence-corrected chi connectivity index (χ0v) is 8.92. The highest BCUT2D eigenvalue weighted by atomic mass is 32.1. The van der Waals surface area contributed by atoms with Crippen molar-refractivity contribution in [3.05, 3.63) is 24.3 Å². The van der Waals surface area contributed by atoms with Crippen molar-refractivity contribution in [1.82, 2.24) is 4.98 Å². The Hall–Kier alpha value is -1.09. The molecule has 0 N–H and O–H groups in total. The lowest BCUT2D eigenvalue weighted by Crippen LogP contribution is -2.45. The van der Waals surface area contributed by atoms with E-state index in [9.17, 15) is 0 Å². The van der Waals surface area contributed by atoms with Gasteiger partial charge in [-0.1, -0.05) is 30.4 Å². The molecule has 1 fully saturated rings. The van der Waals surface area contributed by atoms with E-state index in [1.165, 1.54) is 22.9 Å². The summed E-state index contributed by atoms with van der Waals surface area (Å²) in [6.07, 6.45) is 0. The van der Waals surface area contributed by atoms with Gasteiger partial charge in [-0.25, -0.2) is 4.98 Å². The fourth-order valence-corrected chi connectivity index (χ4v) is 2.83. The van der Waals surface area contributed by atoms with Gasteiger partial charge in [0.15, 0.2) is 5.13 Å². The molecule has 0 saturated carbocycles. The second-order valence-electron chi connectivity index (χ2n) is 3.97. The lowest BCUT2D eigenvalue weighted by atomic mass is 10.0. The summed E-state index contributed by atoms with van der Waals surface area (Å²) < 4.78 is 1.29. The Balaban J connectivity index is 1.99. The molecule has 1 aliphatic heterocycles. The van der Waals surface area contributed by atoms with Gasteiger partial charge in [0.2, 0.25) is 0 Å². The van der Waals surface area contributed by atoms with Crippen LogP contribution in [0.2, 0.25) is 0 Å². The van der Waals surface area contributed by atoms with Gasteiger partial charge >= 0.3 is 0 Å². The molecule has 0 spiro atoms. The topological polar surface area (TPSA) is 16.1 Å². The molecule has 2 nitrogen and oxygen atoms in total. The number of para-hydroxylation sites is 1. The molecule has 0 unspecified atom stereocenters. The van der Waals surface area contributed by atoms with Gasteiger partial charge in [0.25, 0.3) is 0 Å². The lowest BCUT2D eigenvalue weighted by molar-refractivity contribution is 0.447. The van der Waals surface area contributed by atoms with Crippen LogP contribution in [0.15, 0.2) is 24.3 Å². The van der Waals surface area contributed by atoms with Gasteiger partial charge in [-0.3, -0.25) is 0 Å². The molecule has 1 aromatic heterocycles. The number of hydrogen-bond donors (Lipinski definition) is 0. The molecule has 1 aliphatic rings. The van der Waals surface area contributed by atoms with Crippen LogP contribution in [0.1, 0.15) is 6.92 Å². The van der Waals surface area contributed by atoms with E-state index in [4.69, 9.17) is 0 Å². The molecule has 3 rings (SSSR count). The Labute approximate surface area is 87.2 Å². The summed E-state index contributed by atoms with van der Waals surface area (Å²) in [6.45, 7) is 4.61. The highest BCUT2D eigenvalue weighted by molar-refractivity contribution is 7.22. The number of thiazole rings is 1. The summed E-state index contributed by atoms with van der Waals surface area (Å²) in [5.41, 5.74) is 1.13. The molecule has 0 amide bonds. The number of anilines is 1. The molecule has 0 aliphatic carbocycles. The Kier molecular flexibility index (Phi) is 1.74. The highest BCUT2D eigenvalue weighted by Gasteiger charge is 2.24. The van der Waals surface area contributed by atoms with Gasteiger partial charge in [0.1, 0.15) is 0 Å². The fraction of sp³-hybridized carbons (Fsp3) is 0.364. The highest BCUT2D eigenvalue weighted by Crippen LogP contribution is 2.32. The second-order valence-corrected chi connectivity index (χ2v) is 4.98. The first kappa shape index (κ1) is 8.24. The van der Waals surface area contributed by atoms with E-state index >= 15 is 0 Å². The molecule has 1 aromatic carbocycles. The molecule has 14 heavy (non-hydrogen) atoms. The summed E-state index contributed by atoms with van der Waals surface area (Å²) in [6, 6.07) is 8.34. The molecule has 1 saturated heterocycles. The third-order valence-electron chi connectivity index (χ3n) is 2.62. The summed E-state index contributed by atoms with van der Waals surface area (Å²) in [5.74, 6) is 0.835. The predicted octanol–water partition coefficient (Wildman–Crippen LogP) is 2.75. The first-order chi connectivity index (χ1) is 6.83. The third-order valence-corrected chi connectivity index (χ3v) is 3.71. The maximum atomic E-state index is 4.61. The zero-order valence-electron chi connectivity index (χ0n) is 8.10. The average molecular weight is 204 g/mol. The summed E-state index contributed by atoms with van der Waals surface area (Å²) >= 11 is 1.80. The standard InChI is InChI=1S/C11H12N2S/c1-8-6-13(7-8)11-12-9-4-2-3-5-10(9)14-11/h2-5,8H,6-7H2,1H3. The average Bonchev–Trinajstić information content (AvgIpc) is 2.55. The Morgan fingerprint density at radius 1 is 1.36 bits per heavy atom. The number of benzene rings is 1. The van der Waals surface area contributed by atoms with E-state index in [0.717, 1.165) is 11.4 Å². The van der Waals surface area contributed by atoms with Crippen LogP contribution in [-0.2, 0) is 0 Å². The molecule has 3 heteroatoms. The van der Waals surface area contributed by atoms with Crippen molar-refractivity contribution < 1.29 is 0 Å². The van der Waals surface area contributed by atoms with Crippen LogP contribution in [-0.4, -0.2) is 18.1 Å². The van der Waals surface area contributed by atoms with Gasteiger partial charge in [-0.05, 0) is 18.1 Å². The minimum Gasteiger partial charge on any atom is -0.347 e. The monoisotopic (exact) mass is 204 g/mol. The van der Waals surface area contributed by atoms with Crippen LogP contribution in [0, 0.1) is 5.92 Å². The van der Waals surface area contributed by atoms with Crippen LogP contribution in [0.25, 0.3) is 10.2 Å². The second kappa shape index (κ2) is 2.95. The van der Waals surface area contributed by atoms with Gasteiger partial charge in [0, 0.05) is 13.1 Å². The summed E-state index contributed by atoms with van der Waals surface area (Å²) in [5, 5.41) is 1.18. The van der Waals surface area contributed by atoms with Crippen molar-refractivity contribution >= 4 is 26.7 Å². The molecular weight excluding hydrogens is 192 g/mol. The SMILES string of the molecule is CC1CN(c2nc3ccccc3s2)C1. The van der Waals surface area contributed by atoms with Crippen LogP contribution < -0.4 is 4.90 Å². The number of nitrogens with zero attached hydrogens (tertiary/aromatic N) is 2. The van der Waals surface area contributed by atoms with E-state index in [-0.39, 0.29) is 0 Å². The van der Waals surface area contributed by atoms with Crippen molar-refractivity contribution in [2.45, 2.75) is 6.92 Å². The minimum atomic E-state index is 0.835. The van der Waals surface area contributed by atoms with Crippen molar-refractivity contribution in [3.8, 4) is 0 Å². The van der Waals surface area contributed by atoms with E-state index in [2.05, 4.69) is 35.0 Å². The van der Waals surface area contributed by atoms with Crippen molar-refractivity contribution in [3.63, 3.8) is 0 Å². The van der Waals surface area contributed by atoms with Gasteiger partial charge in [-0.15, -0.1) is 0 Å². The molecular formula is C11H12N2S. The zero-order chi connectivity index (χ0) is 9.54. The first-order valence-corrected chi connectivity index (χ1v) is 5.75. The van der Waals surface area contributed by atoms with Crippen LogP contribution in [0.5, 0.6) is 0 Å². The summed E-state index contributed by atoms with van der Waals surface area (Å²) in [4.78, 5) is 6.97. The van der Waals surface area contributed by atoms with E-state index < -0.39 is 0 Å². The van der Waals surface area contributed by atoms with E-state index in [1.807, 2.05) is 6.07 Å². The molecule has 0 bridgehead atoms. The number of rotatable bonds is 1. The Bertz CT molecular complexity index is 424. The van der Waals surface area contributed by atoms with Crippen molar-refractivity contribution in [1.29, 1.82) is 0 Å².